The molecule has 0 fully saturated rings. The minimum atomic E-state index is -0.515. The number of aromatic amines is 1. The lowest BCUT2D eigenvalue weighted by Crippen LogP contribution is -2.40. The average Bonchev–Trinajstić information content (AvgIpc) is 3.10. The summed E-state index contributed by atoms with van der Waals surface area (Å²) in [5.41, 5.74) is 0.627. The molecule has 1 unspecified atom stereocenters. The number of rotatable bonds is 2. The zero-order chi connectivity index (χ0) is 19.4. The molecular formula is C19H16F2N6O. The summed E-state index contributed by atoms with van der Waals surface area (Å²) in [6.45, 7) is 0. The highest BCUT2D eigenvalue weighted by Crippen LogP contribution is 2.43. The SMILES string of the molecule is Cn1ncnc1[C@@H]1c2n[nH]c(=O)c3cc(F)cc(c23)N[C@H]1C1C=CC(F)=CC1. The van der Waals surface area contributed by atoms with E-state index in [9.17, 15) is 13.6 Å². The van der Waals surface area contributed by atoms with Gasteiger partial charge in [-0.15, -0.1) is 0 Å². The predicted octanol–water partition coefficient (Wildman–Crippen LogP) is 2.55. The van der Waals surface area contributed by atoms with Gasteiger partial charge in [0.15, 0.2) is 0 Å². The number of H-pyrrole nitrogens is 1. The summed E-state index contributed by atoms with van der Waals surface area (Å²) in [6.07, 6.45) is 6.68. The highest BCUT2D eigenvalue weighted by Gasteiger charge is 2.40. The molecule has 3 atom stereocenters. The zero-order valence-electron chi connectivity index (χ0n) is 14.9. The summed E-state index contributed by atoms with van der Waals surface area (Å²) < 4.78 is 29.3. The molecule has 2 N–H and O–H groups in total. The number of aryl methyl sites for hydroxylation is 1. The van der Waals surface area contributed by atoms with Gasteiger partial charge in [0.2, 0.25) is 0 Å². The van der Waals surface area contributed by atoms with Crippen LogP contribution in [-0.2, 0) is 7.05 Å². The molecule has 1 aliphatic carbocycles. The van der Waals surface area contributed by atoms with E-state index >= 15 is 0 Å². The number of allylic oxidation sites excluding steroid dienone is 3. The van der Waals surface area contributed by atoms with Crippen molar-refractivity contribution in [2.45, 2.75) is 18.4 Å². The molecule has 9 heteroatoms. The fraction of sp³-hybridized carbons (Fsp3) is 0.263. The van der Waals surface area contributed by atoms with E-state index in [2.05, 4.69) is 25.6 Å². The first-order valence-corrected chi connectivity index (χ1v) is 8.89. The van der Waals surface area contributed by atoms with Crippen LogP contribution >= 0.6 is 0 Å². The third-order valence-corrected chi connectivity index (χ3v) is 5.43. The average molecular weight is 382 g/mol. The minimum absolute atomic E-state index is 0.0820. The van der Waals surface area contributed by atoms with Crippen molar-refractivity contribution in [1.29, 1.82) is 0 Å². The summed E-state index contributed by atoms with van der Waals surface area (Å²) in [7, 11) is 1.78. The number of nitrogens with one attached hydrogen (secondary N) is 2. The number of hydrogen-bond donors (Lipinski definition) is 2. The van der Waals surface area contributed by atoms with Gasteiger partial charge in [-0.3, -0.25) is 9.48 Å². The van der Waals surface area contributed by atoms with Crippen LogP contribution in [0.25, 0.3) is 10.8 Å². The molecule has 2 aromatic heterocycles. The molecule has 0 radical (unpaired) electrons. The van der Waals surface area contributed by atoms with Gasteiger partial charge in [0.05, 0.1) is 17.0 Å². The van der Waals surface area contributed by atoms with Crippen molar-refractivity contribution in [3.8, 4) is 0 Å². The molecule has 7 nitrogen and oxygen atoms in total. The third kappa shape index (κ3) is 2.46. The van der Waals surface area contributed by atoms with Gasteiger partial charge in [0.1, 0.15) is 23.8 Å². The highest BCUT2D eigenvalue weighted by molar-refractivity contribution is 5.97. The standard InChI is InChI=1S/C19H16F2N6O/c1-27-18(22-8-23-27)15-16(9-2-4-10(20)5-3-9)24-13-7-11(21)6-12-14(13)17(15)25-26-19(12)28/h2,4-9,15-16,24H,3H2,1H3,(H,26,28)/t9?,15-,16-/m0/s1. The van der Waals surface area contributed by atoms with Crippen LogP contribution in [-0.4, -0.2) is 31.0 Å². The van der Waals surface area contributed by atoms with Crippen LogP contribution in [0.1, 0.15) is 23.9 Å². The number of anilines is 1. The smallest absolute Gasteiger partial charge is 0.272 e. The van der Waals surface area contributed by atoms with Crippen LogP contribution in [0, 0.1) is 11.7 Å². The maximum atomic E-state index is 14.2. The fourth-order valence-electron chi connectivity index (χ4n) is 4.16. The van der Waals surface area contributed by atoms with Gasteiger partial charge in [0.25, 0.3) is 5.56 Å². The predicted molar refractivity (Wildman–Crippen MR) is 99.0 cm³/mol. The highest BCUT2D eigenvalue weighted by atomic mass is 19.1. The van der Waals surface area contributed by atoms with E-state index in [4.69, 9.17) is 0 Å². The Morgan fingerprint density at radius 1 is 1.29 bits per heavy atom. The van der Waals surface area contributed by atoms with Crippen molar-refractivity contribution in [2.24, 2.45) is 13.0 Å². The van der Waals surface area contributed by atoms with Gasteiger partial charge < -0.3 is 5.32 Å². The molecule has 3 heterocycles. The Bertz CT molecular complexity index is 1210. The van der Waals surface area contributed by atoms with E-state index in [-0.39, 0.29) is 29.1 Å². The number of benzene rings is 1. The molecule has 0 amide bonds. The Labute approximate surface area is 157 Å². The Balaban J connectivity index is 1.76. The Hall–Kier alpha value is -3.36. The van der Waals surface area contributed by atoms with Gasteiger partial charge in [0, 0.05) is 30.1 Å². The first kappa shape index (κ1) is 16.8. The van der Waals surface area contributed by atoms with Gasteiger partial charge >= 0.3 is 0 Å². The van der Waals surface area contributed by atoms with Gasteiger partial charge in [-0.05, 0) is 30.7 Å². The van der Waals surface area contributed by atoms with Crippen molar-refractivity contribution in [1.82, 2.24) is 25.0 Å². The van der Waals surface area contributed by atoms with E-state index in [0.29, 0.717) is 29.0 Å². The molecule has 3 aromatic rings. The summed E-state index contributed by atoms with van der Waals surface area (Å²) in [4.78, 5) is 16.6. The van der Waals surface area contributed by atoms with Crippen LogP contribution in [0.15, 0.2) is 47.3 Å². The van der Waals surface area contributed by atoms with Gasteiger partial charge in [-0.2, -0.15) is 10.2 Å². The topological polar surface area (TPSA) is 88.5 Å². The Morgan fingerprint density at radius 2 is 2.14 bits per heavy atom. The van der Waals surface area contributed by atoms with E-state index in [1.54, 1.807) is 17.8 Å². The molecule has 0 spiro atoms. The number of hydrogen-bond acceptors (Lipinski definition) is 5. The molecule has 142 valence electrons. The second-order valence-electron chi connectivity index (χ2n) is 7.05. The fourth-order valence-corrected chi connectivity index (χ4v) is 4.16. The maximum absolute atomic E-state index is 14.2. The van der Waals surface area contributed by atoms with E-state index in [1.165, 1.54) is 30.6 Å². The van der Waals surface area contributed by atoms with Crippen LogP contribution in [0.3, 0.4) is 0 Å². The summed E-state index contributed by atoms with van der Waals surface area (Å²) in [5.74, 6) is -0.593. The molecule has 28 heavy (non-hydrogen) atoms. The normalized spacial score (nSPS) is 23.5. The first-order chi connectivity index (χ1) is 13.5. The van der Waals surface area contributed by atoms with E-state index < -0.39 is 11.4 Å². The van der Waals surface area contributed by atoms with Crippen molar-refractivity contribution in [3.63, 3.8) is 0 Å². The number of aromatic nitrogens is 5. The summed E-state index contributed by atoms with van der Waals surface area (Å²) >= 11 is 0. The Kier molecular flexibility index (Phi) is 3.65. The van der Waals surface area contributed by atoms with Crippen LogP contribution in [0.4, 0.5) is 14.5 Å². The van der Waals surface area contributed by atoms with E-state index in [1.807, 2.05) is 0 Å². The maximum Gasteiger partial charge on any atom is 0.272 e. The molecule has 1 aromatic carbocycles. The largest absolute Gasteiger partial charge is 0.380 e. The molecule has 0 saturated carbocycles. The molecule has 5 rings (SSSR count). The van der Waals surface area contributed by atoms with Crippen LogP contribution in [0.2, 0.25) is 0 Å². The van der Waals surface area contributed by atoms with Crippen molar-refractivity contribution >= 4 is 16.5 Å². The number of nitrogens with zero attached hydrogens (tertiary/aromatic N) is 4. The Morgan fingerprint density at radius 3 is 2.86 bits per heavy atom. The first-order valence-electron chi connectivity index (χ1n) is 8.89. The quantitative estimate of drug-likeness (QED) is 0.711. The second-order valence-corrected chi connectivity index (χ2v) is 7.05. The minimum Gasteiger partial charge on any atom is -0.380 e. The van der Waals surface area contributed by atoms with Gasteiger partial charge in [-0.1, -0.05) is 6.08 Å². The lowest BCUT2D eigenvalue weighted by molar-refractivity contribution is 0.446. The molecule has 0 saturated heterocycles. The zero-order valence-corrected chi connectivity index (χ0v) is 14.9. The molecule has 1 aliphatic heterocycles. The van der Waals surface area contributed by atoms with Crippen molar-refractivity contribution in [2.75, 3.05) is 5.32 Å². The molecule has 2 aliphatic rings. The lowest BCUT2D eigenvalue weighted by atomic mass is 9.78. The number of halogens is 2. The summed E-state index contributed by atoms with van der Waals surface area (Å²) in [5, 5.41) is 15.1. The van der Waals surface area contributed by atoms with Crippen LogP contribution < -0.4 is 10.9 Å². The monoisotopic (exact) mass is 382 g/mol. The molecule has 0 bridgehead atoms. The van der Waals surface area contributed by atoms with Crippen LogP contribution in [0.5, 0.6) is 0 Å². The lowest BCUT2D eigenvalue weighted by Gasteiger charge is -2.37. The summed E-state index contributed by atoms with van der Waals surface area (Å²) in [6, 6.07) is 2.28. The third-order valence-electron chi connectivity index (χ3n) is 5.43. The molecular weight excluding hydrogens is 366 g/mol. The van der Waals surface area contributed by atoms with E-state index in [0.717, 1.165) is 0 Å². The second kappa shape index (κ2) is 6.08. The van der Waals surface area contributed by atoms with Gasteiger partial charge in [-0.25, -0.2) is 18.9 Å². The van der Waals surface area contributed by atoms with Crippen molar-refractivity contribution < 1.29 is 8.78 Å². The van der Waals surface area contributed by atoms with Crippen molar-refractivity contribution in [3.05, 3.63) is 70.2 Å².